The van der Waals surface area contributed by atoms with Crippen molar-refractivity contribution >= 4 is 11.8 Å². The summed E-state index contributed by atoms with van der Waals surface area (Å²) in [7, 11) is 0. The first kappa shape index (κ1) is 14.6. The van der Waals surface area contributed by atoms with Gasteiger partial charge in [-0.1, -0.05) is 17.7 Å². The van der Waals surface area contributed by atoms with Crippen molar-refractivity contribution in [3.8, 4) is 5.75 Å². The van der Waals surface area contributed by atoms with E-state index in [0.29, 0.717) is 11.4 Å². The number of hydrogen-bond donors (Lipinski definition) is 3. The van der Waals surface area contributed by atoms with Gasteiger partial charge in [0, 0.05) is 6.20 Å². The Bertz CT molecular complexity index is 636. The minimum atomic E-state index is -0.435. The number of H-pyrrole nitrogens is 1. The smallest absolute Gasteiger partial charge is 0.286 e. The van der Waals surface area contributed by atoms with Crippen LogP contribution in [0, 0.1) is 13.8 Å². The average molecular weight is 287 g/mol. The van der Waals surface area contributed by atoms with Gasteiger partial charge in [0.25, 0.3) is 11.8 Å². The van der Waals surface area contributed by atoms with E-state index in [2.05, 4.69) is 15.8 Å². The maximum absolute atomic E-state index is 11.6. The highest BCUT2D eigenvalue weighted by Crippen LogP contribution is 2.18. The van der Waals surface area contributed by atoms with Crippen LogP contribution in [0.3, 0.4) is 0 Å². The van der Waals surface area contributed by atoms with Crippen molar-refractivity contribution in [1.29, 1.82) is 0 Å². The lowest BCUT2D eigenvalue weighted by molar-refractivity contribution is -0.123. The first-order valence-corrected chi connectivity index (χ1v) is 6.49. The third-order valence-corrected chi connectivity index (χ3v) is 2.85. The number of benzene rings is 1. The van der Waals surface area contributed by atoms with Gasteiger partial charge in [-0.3, -0.25) is 20.4 Å². The van der Waals surface area contributed by atoms with Crippen LogP contribution in [0.25, 0.3) is 0 Å². The molecule has 0 fully saturated rings. The fourth-order valence-electron chi connectivity index (χ4n) is 1.81. The molecule has 1 aromatic carbocycles. The van der Waals surface area contributed by atoms with Crippen LogP contribution in [-0.2, 0) is 4.79 Å². The number of rotatable bonds is 4. The average Bonchev–Trinajstić information content (AvgIpc) is 2.98. The van der Waals surface area contributed by atoms with Crippen molar-refractivity contribution in [3.05, 3.63) is 53.3 Å². The lowest BCUT2D eigenvalue weighted by Crippen LogP contribution is -2.43. The second-order valence-electron chi connectivity index (χ2n) is 4.64. The lowest BCUT2D eigenvalue weighted by Gasteiger charge is -2.10. The molecule has 0 bridgehead atoms. The molecule has 0 atom stereocenters. The molecule has 0 aliphatic rings. The van der Waals surface area contributed by atoms with Gasteiger partial charge in [0.15, 0.2) is 6.61 Å². The Balaban J connectivity index is 1.78. The summed E-state index contributed by atoms with van der Waals surface area (Å²) < 4.78 is 5.41. The molecule has 2 amide bonds. The number of aromatic nitrogens is 1. The van der Waals surface area contributed by atoms with Gasteiger partial charge in [-0.15, -0.1) is 0 Å². The summed E-state index contributed by atoms with van der Waals surface area (Å²) in [6, 6.07) is 9.00. The molecule has 110 valence electrons. The van der Waals surface area contributed by atoms with Gasteiger partial charge in [-0.05, 0) is 37.6 Å². The first-order valence-electron chi connectivity index (χ1n) is 6.49. The van der Waals surface area contributed by atoms with Crippen molar-refractivity contribution in [3.63, 3.8) is 0 Å². The summed E-state index contributed by atoms with van der Waals surface area (Å²) in [6.07, 6.45) is 1.63. The fourth-order valence-corrected chi connectivity index (χ4v) is 1.81. The molecule has 0 saturated heterocycles. The molecule has 0 unspecified atom stereocenters. The molecule has 1 heterocycles. The van der Waals surface area contributed by atoms with E-state index in [1.165, 1.54) is 0 Å². The van der Waals surface area contributed by atoms with Crippen LogP contribution in [0.15, 0.2) is 36.5 Å². The molecule has 6 heteroatoms. The second kappa shape index (κ2) is 6.60. The van der Waals surface area contributed by atoms with Crippen molar-refractivity contribution < 1.29 is 14.3 Å². The maximum atomic E-state index is 11.6. The molecule has 21 heavy (non-hydrogen) atoms. The van der Waals surface area contributed by atoms with Gasteiger partial charge in [-0.25, -0.2) is 0 Å². The molecule has 2 aromatic rings. The molecular formula is C15H17N3O3. The largest absolute Gasteiger partial charge is 0.483 e. The first-order chi connectivity index (χ1) is 10.1. The van der Waals surface area contributed by atoms with Gasteiger partial charge < -0.3 is 9.72 Å². The van der Waals surface area contributed by atoms with E-state index in [9.17, 15) is 9.59 Å². The quantitative estimate of drug-likeness (QED) is 0.745. The predicted molar refractivity (Wildman–Crippen MR) is 77.8 cm³/mol. The summed E-state index contributed by atoms with van der Waals surface area (Å²) in [5, 5.41) is 0. The van der Waals surface area contributed by atoms with Crippen molar-refractivity contribution in [1.82, 2.24) is 15.8 Å². The van der Waals surface area contributed by atoms with E-state index < -0.39 is 11.8 Å². The Morgan fingerprint density at radius 2 is 2.00 bits per heavy atom. The number of aromatic amines is 1. The van der Waals surface area contributed by atoms with E-state index in [1.807, 2.05) is 32.0 Å². The zero-order valence-electron chi connectivity index (χ0n) is 11.9. The van der Waals surface area contributed by atoms with Crippen LogP contribution in [0.4, 0.5) is 0 Å². The van der Waals surface area contributed by atoms with Crippen molar-refractivity contribution in [2.24, 2.45) is 0 Å². The van der Waals surface area contributed by atoms with Crippen molar-refractivity contribution in [2.45, 2.75) is 13.8 Å². The normalized spacial score (nSPS) is 10.0. The Labute approximate surface area is 122 Å². The van der Waals surface area contributed by atoms with Crippen LogP contribution < -0.4 is 15.6 Å². The minimum Gasteiger partial charge on any atom is -0.483 e. The molecule has 6 nitrogen and oxygen atoms in total. The molecule has 0 aliphatic carbocycles. The second-order valence-corrected chi connectivity index (χ2v) is 4.64. The maximum Gasteiger partial charge on any atom is 0.286 e. The van der Waals surface area contributed by atoms with E-state index in [1.54, 1.807) is 18.3 Å². The highest BCUT2D eigenvalue weighted by atomic mass is 16.5. The zero-order valence-corrected chi connectivity index (χ0v) is 11.9. The molecule has 0 radical (unpaired) electrons. The number of amides is 2. The molecule has 0 aliphatic heterocycles. The van der Waals surface area contributed by atoms with Gasteiger partial charge in [-0.2, -0.15) is 0 Å². The monoisotopic (exact) mass is 287 g/mol. The third kappa shape index (κ3) is 4.10. The van der Waals surface area contributed by atoms with E-state index in [4.69, 9.17) is 4.74 Å². The number of ether oxygens (including phenoxy) is 1. The minimum absolute atomic E-state index is 0.172. The Kier molecular flexibility index (Phi) is 4.61. The van der Waals surface area contributed by atoms with Crippen molar-refractivity contribution in [2.75, 3.05) is 6.61 Å². The molecule has 1 aromatic heterocycles. The lowest BCUT2D eigenvalue weighted by atomic mass is 10.1. The number of nitrogens with one attached hydrogen (secondary N) is 3. The summed E-state index contributed by atoms with van der Waals surface area (Å²) in [5.41, 5.74) is 7.03. The van der Waals surface area contributed by atoms with Crippen LogP contribution in [-0.4, -0.2) is 23.4 Å². The SMILES string of the molecule is Cc1ccc(OCC(=O)NNC(=O)c2ccc[nH]2)c(C)c1. The van der Waals surface area contributed by atoms with E-state index >= 15 is 0 Å². The number of hydrazine groups is 1. The van der Waals surface area contributed by atoms with E-state index in [-0.39, 0.29) is 6.61 Å². The van der Waals surface area contributed by atoms with E-state index in [0.717, 1.165) is 11.1 Å². The Morgan fingerprint density at radius 1 is 1.19 bits per heavy atom. The van der Waals surface area contributed by atoms with Gasteiger partial charge >= 0.3 is 0 Å². The Hall–Kier alpha value is -2.76. The topological polar surface area (TPSA) is 83.2 Å². The predicted octanol–water partition coefficient (Wildman–Crippen LogP) is 1.47. The standard InChI is InChI=1S/C15H17N3O3/c1-10-5-6-13(11(2)8-10)21-9-14(19)17-18-15(20)12-4-3-7-16-12/h3-8,16H,9H2,1-2H3,(H,17,19)(H,18,20). The van der Waals surface area contributed by atoms with Gasteiger partial charge in [0.1, 0.15) is 11.4 Å². The summed E-state index contributed by atoms with van der Waals surface area (Å²) in [6.45, 7) is 3.72. The van der Waals surface area contributed by atoms with Crippen LogP contribution in [0.2, 0.25) is 0 Å². The fraction of sp³-hybridized carbons (Fsp3) is 0.200. The van der Waals surface area contributed by atoms with Crippen LogP contribution in [0.1, 0.15) is 21.6 Å². The highest BCUT2D eigenvalue weighted by molar-refractivity contribution is 5.93. The summed E-state index contributed by atoms with van der Waals surface area (Å²) in [5.74, 6) is -0.207. The van der Waals surface area contributed by atoms with Gasteiger partial charge in [0.05, 0.1) is 0 Å². The molecule has 2 rings (SSSR count). The molecular weight excluding hydrogens is 270 g/mol. The summed E-state index contributed by atoms with van der Waals surface area (Å²) >= 11 is 0. The number of hydrogen-bond acceptors (Lipinski definition) is 3. The zero-order chi connectivity index (χ0) is 15.2. The van der Waals surface area contributed by atoms with Crippen LogP contribution >= 0.6 is 0 Å². The number of carbonyl (C=O) groups excluding carboxylic acids is 2. The van der Waals surface area contributed by atoms with Gasteiger partial charge in [0.2, 0.25) is 0 Å². The number of carbonyl (C=O) groups is 2. The number of aryl methyl sites for hydroxylation is 2. The molecule has 0 spiro atoms. The molecule has 0 saturated carbocycles. The molecule has 3 N–H and O–H groups in total. The Morgan fingerprint density at radius 3 is 2.67 bits per heavy atom. The highest BCUT2D eigenvalue weighted by Gasteiger charge is 2.08. The summed E-state index contributed by atoms with van der Waals surface area (Å²) in [4.78, 5) is 25.9. The van der Waals surface area contributed by atoms with Crippen LogP contribution in [0.5, 0.6) is 5.75 Å². The third-order valence-electron chi connectivity index (χ3n) is 2.85.